The molecule has 0 amide bonds. The van der Waals surface area contributed by atoms with Gasteiger partial charge in [0.05, 0.1) is 0 Å². The molecule has 0 spiro atoms. The Labute approximate surface area is 96.4 Å². The molecule has 92 valence electrons. The van der Waals surface area contributed by atoms with Crippen molar-refractivity contribution in [1.29, 1.82) is 0 Å². The van der Waals surface area contributed by atoms with Crippen molar-refractivity contribution in [2.45, 2.75) is 50.3 Å². The van der Waals surface area contributed by atoms with Gasteiger partial charge in [0.15, 0.2) is 17.9 Å². The molecule has 8 heteroatoms. The highest BCUT2D eigenvalue weighted by atomic mass is 16.8. The zero-order valence-electron chi connectivity index (χ0n) is 9.27. The van der Waals surface area contributed by atoms with Crippen molar-refractivity contribution < 1.29 is 23.7 Å². The molecule has 17 heavy (non-hydrogen) atoms. The number of hydrogen-bond donors (Lipinski definition) is 0. The summed E-state index contributed by atoms with van der Waals surface area (Å²) in [6, 6.07) is -1.01. The van der Waals surface area contributed by atoms with Gasteiger partial charge in [0.2, 0.25) is 6.29 Å². The van der Waals surface area contributed by atoms with Gasteiger partial charge in [-0.3, -0.25) is 4.79 Å². The third-order valence-corrected chi connectivity index (χ3v) is 3.01. The Kier molecular flexibility index (Phi) is 2.11. The number of hydrogen-bond acceptors (Lipinski definition) is 6. The van der Waals surface area contributed by atoms with Gasteiger partial charge >= 0.3 is 5.97 Å². The van der Waals surface area contributed by atoms with Gasteiger partial charge in [-0.05, 0) is 19.4 Å². The van der Waals surface area contributed by atoms with Crippen molar-refractivity contribution in [1.82, 2.24) is 0 Å². The average Bonchev–Trinajstić information content (AvgIpc) is 2.68. The van der Waals surface area contributed by atoms with E-state index in [1.807, 2.05) is 0 Å². The van der Waals surface area contributed by atoms with E-state index in [0.29, 0.717) is 0 Å². The maximum absolute atomic E-state index is 11.6. The van der Waals surface area contributed by atoms with Crippen LogP contribution in [0, 0.1) is 0 Å². The largest absolute Gasteiger partial charge is 0.432 e. The normalized spacial score (nSPS) is 46.0. The Bertz CT molecular complexity index is 419. The van der Waals surface area contributed by atoms with E-state index in [-0.39, 0.29) is 0 Å². The van der Waals surface area contributed by atoms with Gasteiger partial charge in [-0.2, -0.15) is 0 Å². The summed E-state index contributed by atoms with van der Waals surface area (Å²) in [6.07, 6.45) is -2.32. The number of carbonyl (C=O) groups excluding carboxylic acids is 1. The summed E-state index contributed by atoms with van der Waals surface area (Å²) < 4.78 is 21.7. The average molecular weight is 241 g/mol. The maximum atomic E-state index is 11.6. The van der Waals surface area contributed by atoms with Crippen molar-refractivity contribution in [3.05, 3.63) is 10.4 Å². The molecule has 0 aliphatic carbocycles. The fourth-order valence-corrected chi connectivity index (χ4v) is 2.43. The molecule has 8 nitrogen and oxygen atoms in total. The van der Waals surface area contributed by atoms with Gasteiger partial charge in [-0.1, -0.05) is 5.11 Å². The summed E-state index contributed by atoms with van der Waals surface area (Å²) >= 11 is 0. The Balaban J connectivity index is 1.92. The zero-order chi connectivity index (χ0) is 12.2. The second-order valence-electron chi connectivity index (χ2n) is 4.62. The highest BCUT2D eigenvalue weighted by molar-refractivity contribution is 5.78. The van der Waals surface area contributed by atoms with E-state index in [2.05, 4.69) is 10.0 Å². The number of nitrogens with zero attached hydrogens (tertiary/aromatic N) is 3. The summed E-state index contributed by atoms with van der Waals surface area (Å²) in [7, 11) is 0. The minimum absolute atomic E-state index is 0.447. The topological polar surface area (TPSA) is 103 Å². The van der Waals surface area contributed by atoms with Gasteiger partial charge in [0.1, 0.15) is 12.2 Å². The Morgan fingerprint density at radius 2 is 2.00 bits per heavy atom. The first kappa shape index (κ1) is 10.8. The standard InChI is InChI=1S/C9H11N3O5/c1-9(2)16-5-4-3(11-12-10)7(13)15-8(14-4)6(5)17-9/h3-6,8H,1-2H3/t3-,4+,5+,6+,8-/m0/s1. The van der Waals surface area contributed by atoms with E-state index in [1.165, 1.54) is 0 Å². The van der Waals surface area contributed by atoms with E-state index in [4.69, 9.17) is 24.5 Å². The number of ether oxygens (including phenoxy) is 4. The Hall–Kier alpha value is -1.34. The van der Waals surface area contributed by atoms with Crippen LogP contribution in [0.25, 0.3) is 10.4 Å². The van der Waals surface area contributed by atoms with Crippen LogP contribution in [0.15, 0.2) is 5.11 Å². The smallest absolute Gasteiger partial charge is 0.320 e. The van der Waals surface area contributed by atoms with Crippen molar-refractivity contribution in [2.24, 2.45) is 5.11 Å². The van der Waals surface area contributed by atoms with Crippen LogP contribution in [-0.2, 0) is 23.7 Å². The number of carbonyl (C=O) groups is 1. The first-order chi connectivity index (χ1) is 8.02. The minimum atomic E-state index is -1.01. The fourth-order valence-electron chi connectivity index (χ4n) is 2.43. The second kappa shape index (κ2) is 3.33. The number of rotatable bonds is 1. The van der Waals surface area contributed by atoms with Gasteiger partial charge in [0, 0.05) is 4.91 Å². The molecular weight excluding hydrogens is 230 g/mol. The van der Waals surface area contributed by atoms with E-state index < -0.39 is 42.4 Å². The number of fused-ring (bicyclic) bond motifs is 5. The van der Waals surface area contributed by atoms with Crippen LogP contribution in [0.2, 0.25) is 0 Å². The van der Waals surface area contributed by atoms with Gasteiger partial charge in [-0.25, -0.2) is 0 Å². The van der Waals surface area contributed by atoms with Gasteiger partial charge < -0.3 is 18.9 Å². The quantitative estimate of drug-likeness (QED) is 0.287. The highest BCUT2D eigenvalue weighted by Crippen LogP contribution is 2.43. The monoisotopic (exact) mass is 241 g/mol. The van der Waals surface area contributed by atoms with E-state index in [0.717, 1.165) is 0 Å². The van der Waals surface area contributed by atoms with Crippen molar-refractivity contribution in [3.8, 4) is 0 Å². The van der Waals surface area contributed by atoms with Crippen LogP contribution in [0.1, 0.15) is 13.8 Å². The lowest BCUT2D eigenvalue weighted by Gasteiger charge is -2.29. The lowest BCUT2D eigenvalue weighted by atomic mass is 10.1. The van der Waals surface area contributed by atoms with E-state index in [9.17, 15) is 4.79 Å². The molecule has 0 N–H and O–H groups in total. The minimum Gasteiger partial charge on any atom is -0.432 e. The molecule has 3 rings (SSSR count). The SMILES string of the molecule is CC1(C)O[C@H]2[C@@H](O1)[C@@H]1OC(=O)[C@@H](N=[N+]=[N-])[C@H]2O1. The van der Waals surface area contributed by atoms with Gasteiger partial charge in [0.25, 0.3) is 0 Å². The molecule has 5 atom stereocenters. The molecular formula is C9H11N3O5. The van der Waals surface area contributed by atoms with Crippen LogP contribution >= 0.6 is 0 Å². The molecule has 0 aromatic rings. The molecule has 3 saturated heterocycles. The summed E-state index contributed by atoms with van der Waals surface area (Å²) in [5.41, 5.74) is 8.43. The first-order valence-corrected chi connectivity index (χ1v) is 5.28. The molecule has 0 saturated carbocycles. The Morgan fingerprint density at radius 3 is 2.71 bits per heavy atom. The van der Waals surface area contributed by atoms with Crippen LogP contribution in [0.5, 0.6) is 0 Å². The summed E-state index contributed by atoms with van der Waals surface area (Å²) in [5.74, 6) is -1.34. The van der Waals surface area contributed by atoms with Gasteiger partial charge in [-0.15, -0.1) is 0 Å². The highest BCUT2D eigenvalue weighted by Gasteiger charge is 2.62. The summed E-state index contributed by atoms with van der Waals surface area (Å²) in [5, 5.41) is 3.40. The van der Waals surface area contributed by atoms with Crippen LogP contribution in [0.3, 0.4) is 0 Å². The molecule has 3 aliphatic rings. The summed E-state index contributed by atoms with van der Waals surface area (Å²) in [6.45, 7) is 3.54. The molecule has 3 aliphatic heterocycles. The molecule has 0 aromatic heterocycles. The third-order valence-electron chi connectivity index (χ3n) is 3.01. The Morgan fingerprint density at radius 1 is 1.29 bits per heavy atom. The lowest BCUT2D eigenvalue weighted by Crippen LogP contribution is -2.45. The molecule has 3 heterocycles. The van der Waals surface area contributed by atoms with Crippen LogP contribution < -0.4 is 0 Å². The molecule has 0 radical (unpaired) electrons. The third kappa shape index (κ3) is 1.49. The molecule has 0 unspecified atom stereocenters. The molecule has 2 bridgehead atoms. The van der Waals surface area contributed by atoms with E-state index in [1.54, 1.807) is 13.8 Å². The second-order valence-corrected chi connectivity index (χ2v) is 4.62. The predicted octanol–water partition coefficient (Wildman–Crippen LogP) is 0.467. The van der Waals surface area contributed by atoms with Crippen molar-refractivity contribution in [3.63, 3.8) is 0 Å². The van der Waals surface area contributed by atoms with Crippen molar-refractivity contribution in [2.75, 3.05) is 0 Å². The molecule has 0 aromatic carbocycles. The number of esters is 1. The fraction of sp³-hybridized carbons (Fsp3) is 0.889. The zero-order valence-corrected chi connectivity index (χ0v) is 9.27. The first-order valence-electron chi connectivity index (χ1n) is 5.28. The van der Waals surface area contributed by atoms with Crippen molar-refractivity contribution >= 4 is 5.97 Å². The number of azide groups is 1. The summed E-state index contributed by atoms with van der Waals surface area (Å²) in [4.78, 5) is 14.2. The maximum Gasteiger partial charge on any atom is 0.320 e. The van der Waals surface area contributed by atoms with Crippen LogP contribution in [0.4, 0.5) is 0 Å². The van der Waals surface area contributed by atoms with E-state index >= 15 is 0 Å². The van der Waals surface area contributed by atoms with Crippen LogP contribution in [-0.4, -0.2) is 42.4 Å². The lowest BCUT2D eigenvalue weighted by molar-refractivity contribution is -0.251. The molecule has 3 fully saturated rings. The predicted molar refractivity (Wildman–Crippen MR) is 51.5 cm³/mol.